The molecule has 0 saturated carbocycles. The maximum absolute atomic E-state index is 13.7. The molecule has 2 nitrogen and oxygen atoms in total. The minimum absolute atomic E-state index is 0.0712. The SMILES string of the molecule is O=C(c1sc2cccc(F)c2c1Cl)N1CCCC1. The minimum atomic E-state index is -0.366. The highest BCUT2D eigenvalue weighted by molar-refractivity contribution is 7.21. The molecule has 94 valence electrons. The summed E-state index contributed by atoms with van der Waals surface area (Å²) in [5.41, 5.74) is 0. The van der Waals surface area contributed by atoms with Gasteiger partial charge in [-0.1, -0.05) is 17.7 Å². The fraction of sp³-hybridized carbons (Fsp3) is 0.308. The summed E-state index contributed by atoms with van der Waals surface area (Å²) in [6, 6.07) is 4.79. The smallest absolute Gasteiger partial charge is 0.265 e. The largest absolute Gasteiger partial charge is 0.338 e. The molecular formula is C13H11ClFNOS. The molecule has 18 heavy (non-hydrogen) atoms. The van der Waals surface area contributed by atoms with Crippen molar-refractivity contribution in [2.45, 2.75) is 12.8 Å². The number of likely N-dealkylation sites (tertiary alicyclic amines) is 1. The number of carbonyl (C=O) groups is 1. The average molecular weight is 284 g/mol. The summed E-state index contributed by atoms with van der Waals surface area (Å²) >= 11 is 7.43. The van der Waals surface area contributed by atoms with Crippen LogP contribution in [0.25, 0.3) is 10.1 Å². The second kappa shape index (κ2) is 4.52. The van der Waals surface area contributed by atoms with E-state index in [1.54, 1.807) is 17.0 Å². The lowest BCUT2D eigenvalue weighted by atomic mass is 10.2. The zero-order valence-corrected chi connectivity index (χ0v) is 11.2. The third-order valence-corrected chi connectivity index (χ3v) is 4.83. The standard InChI is InChI=1S/C13H11ClFNOS/c14-11-10-8(15)4-3-5-9(10)18-12(11)13(17)16-6-1-2-7-16/h3-5H,1-2,6-7H2. The van der Waals surface area contributed by atoms with E-state index in [9.17, 15) is 9.18 Å². The van der Waals surface area contributed by atoms with E-state index in [1.807, 2.05) is 0 Å². The Morgan fingerprint density at radius 3 is 2.72 bits per heavy atom. The molecule has 0 radical (unpaired) electrons. The monoisotopic (exact) mass is 283 g/mol. The first-order chi connectivity index (χ1) is 8.68. The van der Waals surface area contributed by atoms with E-state index in [2.05, 4.69) is 0 Å². The van der Waals surface area contributed by atoms with Crippen molar-refractivity contribution in [3.63, 3.8) is 0 Å². The van der Waals surface area contributed by atoms with Crippen LogP contribution in [0.1, 0.15) is 22.5 Å². The highest BCUT2D eigenvalue weighted by Gasteiger charge is 2.25. The third kappa shape index (κ3) is 1.80. The number of benzene rings is 1. The molecule has 0 aliphatic carbocycles. The van der Waals surface area contributed by atoms with Gasteiger partial charge in [-0.15, -0.1) is 11.3 Å². The Kier molecular flexibility index (Phi) is 2.99. The van der Waals surface area contributed by atoms with Gasteiger partial charge in [0.1, 0.15) is 10.7 Å². The number of carbonyl (C=O) groups excluding carboxylic acids is 1. The van der Waals surface area contributed by atoms with Gasteiger partial charge in [-0.25, -0.2) is 4.39 Å². The van der Waals surface area contributed by atoms with Gasteiger partial charge in [0, 0.05) is 23.2 Å². The van der Waals surface area contributed by atoms with Crippen LogP contribution in [0.2, 0.25) is 5.02 Å². The Labute approximate surface area is 113 Å². The van der Waals surface area contributed by atoms with Crippen molar-refractivity contribution in [1.82, 2.24) is 4.90 Å². The molecule has 0 bridgehead atoms. The number of hydrogen-bond donors (Lipinski definition) is 0. The Morgan fingerprint density at radius 2 is 2.06 bits per heavy atom. The second-order valence-corrected chi connectivity index (χ2v) is 5.79. The number of hydrogen-bond acceptors (Lipinski definition) is 2. The summed E-state index contributed by atoms with van der Waals surface area (Å²) in [6.45, 7) is 1.54. The number of fused-ring (bicyclic) bond motifs is 1. The number of thiophene rings is 1. The third-order valence-electron chi connectivity index (χ3n) is 3.19. The van der Waals surface area contributed by atoms with Gasteiger partial charge in [0.2, 0.25) is 0 Å². The van der Waals surface area contributed by atoms with Gasteiger partial charge in [0.15, 0.2) is 0 Å². The van der Waals surface area contributed by atoms with Crippen molar-refractivity contribution in [3.05, 3.63) is 33.9 Å². The lowest BCUT2D eigenvalue weighted by Crippen LogP contribution is -2.26. The summed E-state index contributed by atoms with van der Waals surface area (Å²) in [6.07, 6.45) is 2.06. The molecule has 0 unspecified atom stereocenters. The fourth-order valence-electron chi connectivity index (χ4n) is 2.27. The second-order valence-electron chi connectivity index (χ2n) is 4.36. The number of rotatable bonds is 1. The van der Waals surface area contributed by atoms with Crippen molar-refractivity contribution in [2.75, 3.05) is 13.1 Å². The quantitative estimate of drug-likeness (QED) is 0.776. The molecule has 1 aromatic carbocycles. The van der Waals surface area contributed by atoms with E-state index in [4.69, 9.17) is 11.6 Å². The number of nitrogens with zero attached hydrogens (tertiary/aromatic N) is 1. The molecule has 3 rings (SSSR count). The van der Waals surface area contributed by atoms with Gasteiger partial charge in [-0.3, -0.25) is 4.79 Å². The van der Waals surface area contributed by atoms with E-state index in [1.165, 1.54) is 17.4 Å². The van der Waals surface area contributed by atoms with Crippen LogP contribution < -0.4 is 0 Å². The first kappa shape index (κ1) is 11.9. The average Bonchev–Trinajstić information content (AvgIpc) is 2.97. The molecule has 2 aromatic rings. The molecule has 2 heterocycles. The zero-order chi connectivity index (χ0) is 12.7. The molecule has 1 aromatic heterocycles. The zero-order valence-electron chi connectivity index (χ0n) is 9.58. The van der Waals surface area contributed by atoms with Gasteiger partial charge in [0.25, 0.3) is 5.91 Å². The fourth-order valence-corrected chi connectivity index (χ4v) is 3.79. The van der Waals surface area contributed by atoms with Crippen molar-refractivity contribution < 1.29 is 9.18 Å². The maximum Gasteiger partial charge on any atom is 0.265 e. The van der Waals surface area contributed by atoms with Crippen molar-refractivity contribution in [1.29, 1.82) is 0 Å². The van der Waals surface area contributed by atoms with Gasteiger partial charge >= 0.3 is 0 Å². The minimum Gasteiger partial charge on any atom is -0.338 e. The topological polar surface area (TPSA) is 20.3 Å². The molecule has 0 N–H and O–H groups in total. The molecular weight excluding hydrogens is 273 g/mol. The predicted octanol–water partition coefficient (Wildman–Crippen LogP) is 3.93. The highest BCUT2D eigenvalue weighted by atomic mass is 35.5. The lowest BCUT2D eigenvalue weighted by Gasteiger charge is -2.13. The van der Waals surface area contributed by atoms with E-state index >= 15 is 0 Å². The molecule has 5 heteroatoms. The van der Waals surface area contributed by atoms with E-state index in [0.29, 0.717) is 10.3 Å². The number of amides is 1. The van der Waals surface area contributed by atoms with Crippen LogP contribution >= 0.6 is 22.9 Å². The van der Waals surface area contributed by atoms with Crippen LogP contribution in [0.3, 0.4) is 0 Å². The van der Waals surface area contributed by atoms with E-state index < -0.39 is 0 Å². The first-order valence-electron chi connectivity index (χ1n) is 5.84. The molecule has 1 amide bonds. The molecule has 1 fully saturated rings. The molecule has 0 spiro atoms. The summed E-state index contributed by atoms with van der Waals surface area (Å²) in [5.74, 6) is -0.438. The van der Waals surface area contributed by atoms with Crippen LogP contribution in [0.4, 0.5) is 4.39 Å². The molecule has 1 aliphatic heterocycles. The maximum atomic E-state index is 13.7. The van der Waals surface area contributed by atoms with Gasteiger partial charge in [-0.05, 0) is 25.0 Å². The van der Waals surface area contributed by atoms with Crippen molar-refractivity contribution >= 4 is 38.9 Å². The molecule has 0 atom stereocenters. The van der Waals surface area contributed by atoms with Crippen LogP contribution in [-0.4, -0.2) is 23.9 Å². The van der Waals surface area contributed by atoms with Crippen molar-refractivity contribution in [2.24, 2.45) is 0 Å². The summed E-state index contributed by atoms with van der Waals surface area (Å²) in [4.78, 5) is 14.5. The molecule has 1 aliphatic rings. The Bertz CT molecular complexity index is 619. The highest BCUT2D eigenvalue weighted by Crippen LogP contribution is 2.37. The van der Waals surface area contributed by atoms with Crippen LogP contribution in [-0.2, 0) is 0 Å². The van der Waals surface area contributed by atoms with Gasteiger partial charge in [0.05, 0.1) is 5.02 Å². The van der Waals surface area contributed by atoms with Crippen LogP contribution in [0, 0.1) is 5.82 Å². The van der Waals surface area contributed by atoms with Crippen molar-refractivity contribution in [3.8, 4) is 0 Å². The first-order valence-corrected chi connectivity index (χ1v) is 7.03. The predicted molar refractivity (Wildman–Crippen MR) is 71.9 cm³/mol. The van der Waals surface area contributed by atoms with E-state index in [-0.39, 0.29) is 16.7 Å². The van der Waals surface area contributed by atoms with E-state index in [0.717, 1.165) is 30.6 Å². The summed E-state index contributed by atoms with van der Waals surface area (Å²) < 4.78 is 14.4. The Morgan fingerprint density at radius 1 is 1.33 bits per heavy atom. The summed E-state index contributed by atoms with van der Waals surface area (Å²) in [5, 5.41) is 0.622. The normalized spacial score (nSPS) is 15.6. The number of halogens is 2. The Hall–Kier alpha value is -1.13. The van der Waals surface area contributed by atoms with Crippen LogP contribution in [0.5, 0.6) is 0 Å². The summed E-state index contributed by atoms with van der Waals surface area (Å²) in [7, 11) is 0. The van der Waals surface area contributed by atoms with Gasteiger partial charge in [-0.2, -0.15) is 0 Å². The van der Waals surface area contributed by atoms with Gasteiger partial charge < -0.3 is 4.90 Å². The molecule has 1 saturated heterocycles. The Balaban J connectivity index is 2.09. The van der Waals surface area contributed by atoms with Crippen LogP contribution in [0.15, 0.2) is 18.2 Å². The lowest BCUT2D eigenvalue weighted by molar-refractivity contribution is 0.0798.